The third-order valence-corrected chi connectivity index (χ3v) is 7.77. The second-order valence-corrected chi connectivity index (χ2v) is 10.1. The van der Waals surface area contributed by atoms with Gasteiger partial charge in [0.1, 0.15) is 0 Å². The molecule has 0 heterocycles. The summed E-state index contributed by atoms with van der Waals surface area (Å²) in [5.41, 5.74) is 1.57. The molecule has 0 amide bonds. The predicted molar refractivity (Wildman–Crippen MR) is 108 cm³/mol. The fourth-order valence-corrected chi connectivity index (χ4v) is 5.17. The van der Waals surface area contributed by atoms with E-state index in [1.54, 1.807) is 26.0 Å². The van der Waals surface area contributed by atoms with E-state index in [9.17, 15) is 16.8 Å². The Balaban J connectivity index is 2.24. The Morgan fingerprint density at radius 1 is 0.815 bits per heavy atom. The van der Waals surface area contributed by atoms with Gasteiger partial charge in [-0.3, -0.25) is 4.72 Å². The maximum atomic E-state index is 12.6. The van der Waals surface area contributed by atoms with Gasteiger partial charge in [-0.2, -0.15) is 4.31 Å². The molecule has 2 aromatic carbocycles. The molecule has 0 saturated carbocycles. The number of anilines is 1. The molecule has 0 unspecified atom stereocenters. The van der Waals surface area contributed by atoms with Crippen molar-refractivity contribution in [1.29, 1.82) is 0 Å². The number of nitrogens with one attached hydrogen (secondary N) is 1. The van der Waals surface area contributed by atoms with Crippen LogP contribution in [-0.2, 0) is 20.0 Å². The van der Waals surface area contributed by atoms with E-state index in [0.717, 1.165) is 5.56 Å². The topological polar surface area (TPSA) is 83.6 Å². The molecule has 0 aliphatic rings. The zero-order chi connectivity index (χ0) is 20.2. The summed E-state index contributed by atoms with van der Waals surface area (Å²) >= 11 is 0. The SMILES string of the molecule is CCN(CC)S(=O)(=O)c1ccc(S(=O)(=O)Nc2ccc(C(C)C)cc2)cc1. The Hall–Kier alpha value is -1.90. The molecule has 148 valence electrons. The van der Waals surface area contributed by atoms with Crippen LogP contribution in [0.5, 0.6) is 0 Å². The zero-order valence-electron chi connectivity index (χ0n) is 16.0. The van der Waals surface area contributed by atoms with Crippen LogP contribution in [-0.4, -0.2) is 34.2 Å². The first-order valence-corrected chi connectivity index (χ1v) is 11.8. The smallest absolute Gasteiger partial charge is 0.261 e. The first-order chi connectivity index (χ1) is 12.6. The van der Waals surface area contributed by atoms with Crippen molar-refractivity contribution in [2.75, 3.05) is 17.8 Å². The summed E-state index contributed by atoms with van der Waals surface area (Å²) in [4.78, 5) is 0.0837. The number of sulfonamides is 2. The van der Waals surface area contributed by atoms with Gasteiger partial charge in [-0.15, -0.1) is 0 Å². The van der Waals surface area contributed by atoms with E-state index in [1.165, 1.54) is 28.6 Å². The van der Waals surface area contributed by atoms with Crippen LogP contribution in [0.15, 0.2) is 58.3 Å². The summed E-state index contributed by atoms with van der Waals surface area (Å²) in [7, 11) is -7.42. The van der Waals surface area contributed by atoms with Crippen molar-refractivity contribution >= 4 is 25.7 Å². The van der Waals surface area contributed by atoms with E-state index in [0.29, 0.717) is 24.7 Å². The molecule has 0 bridgehead atoms. The number of hydrogen-bond acceptors (Lipinski definition) is 4. The molecular formula is C19H26N2O4S2. The Bertz CT molecular complexity index is 961. The van der Waals surface area contributed by atoms with Crippen molar-refractivity contribution in [2.45, 2.75) is 43.4 Å². The van der Waals surface area contributed by atoms with Crippen molar-refractivity contribution in [1.82, 2.24) is 4.31 Å². The molecule has 8 heteroatoms. The monoisotopic (exact) mass is 410 g/mol. The Kier molecular flexibility index (Phi) is 6.67. The van der Waals surface area contributed by atoms with Crippen LogP contribution < -0.4 is 4.72 Å². The summed E-state index contributed by atoms with van der Waals surface area (Å²) in [5.74, 6) is 0.357. The van der Waals surface area contributed by atoms with Crippen LogP contribution in [0.25, 0.3) is 0 Å². The lowest BCUT2D eigenvalue weighted by Gasteiger charge is -2.18. The van der Waals surface area contributed by atoms with Crippen molar-refractivity contribution < 1.29 is 16.8 Å². The highest BCUT2D eigenvalue weighted by atomic mass is 32.2. The maximum Gasteiger partial charge on any atom is 0.261 e. The van der Waals surface area contributed by atoms with Gasteiger partial charge in [0, 0.05) is 18.8 Å². The fraction of sp³-hybridized carbons (Fsp3) is 0.368. The van der Waals surface area contributed by atoms with Crippen LogP contribution in [0.2, 0.25) is 0 Å². The molecular weight excluding hydrogens is 384 g/mol. The van der Waals surface area contributed by atoms with Crippen molar-refractivity contribution in [3.63, 3.8) is 0 Å². The van der Waals surface area contributed by atoms with Crippen molar-refractivity contribution in [2.24, 2.45) is 0 Å². The van der Waals surface area contributed by atoms with Crippen LogP contribution in [0.1, 0.15) is 39.2 Å². The number of benzene rings is 2. The minimum atomic E-state index is -3.80. The number of rotatable bonds is 8. The van der Waals surface area contributed by atoms with E-state index in [2.05, 4.69) is 18.6 Å². The molecule has 0 spiro atoms. The lowest BCUT2D eigenvalue weighted by atomic mass is 10.0. The third-order valence-electron chi connectivity index (χ3n) is 4.31. The van der Waals surface area contributed by atoms with Gasteiger partial charge in [0.25, 0.3) is 10.0 Å². The highest BCUT2D eigenvalue weighted by molar-refractivity contribution is 7.92. The van der Waals surface area contributed by atoms with Gasteiger partial charge in [0.2, 0.25) is 10.0 Å². The summed E-state index contributed by atoms with van der Waals surface area (Å²) < 4.78 is 53.9. The molecule has 0 atom stereocenters. The fourth-order valence-electron chi connectivity index (χ4n) is 2.65. The summed E-state index contributed by atoms with van der Waals surface area (Å²) in [5, 5.41) is 0. The van der Waals surface area contributed by atoms with Gasteiger partial charge in [-0.25, -0.2) is 16.8 Å². The van der Waals surface area contributed by atoms with E-state index < -0.39 is 20.0 Å². The minimum Gasteiger partial charge on any atom is -0.280 e. The molecule has 1 N–H and O–H groups in total. The summed E-state index contributed by atoms with van der Waals surface area (Å²) in [6.07, 6.45) is 0. The van der Waals surface area contributed by atoms with Gasteiger partial charge in [-0.1, -0.05) is 39.8 Å². The molecule has 27 heavy (non-hydrogen) atoms. The van der Waals surface area contributed by atoms with Gasteiger partial charge >= 0.3 is 0 Å². The van der Waals surface area contributed by atoms with Crippen LogP contribution in [0.4, 0.5) is 5.69 Å². The molecule has 0 aliphatic heterocycles. The Labute approximate surface area is 162 Å². The quantitative estimate of drug-likeness (QED) is 0.720. The van der Waals surface area contributed by atoms with Gasteiger partial charge in [-0.05, 0) is 47.9 Å². The van der Waals surface area contributed by atoms with Crippen LogP contribution in [0, 0.1) is 0 Å². The Morgan fingerprint density at radius 2 is 1.30 bits per heavy atom. The molecule has 0 saturated heterocycles. The molecule has 0 aliphatic carbocycles. The first-order valence-electron chi connectivity index (χ1n) is 8.84. The van der Waals surface area contributed by atoms with E-state index in [4.69, 9.17) is 0 Å². The molecule has 0 fully saturated rings. The first kappa shape index (κ1) is 21.4. The van der Waals surface area contributed by atoms with Crippen molar-refractivity contribution in [3.8, 4) is 0 Å². The summed E-state index contributed by atoms with van der Waals surface area (Å²) in [6.45, 7) is 8.35. The zero-order valence-corrected chi connectivity index (χ0v) is 17.6. The molecule has 2 rings (SSSR count). The normalized spacial score (nSPS) is 12.5. The summed E-state index contributed by atoms with van der Waals surface area (Å²) in [6, 6.07) is 12.4. The van der Waals surface area contributed by atoms with Crippen LogP contribution in [0.3, 0.4) is 0 Å². The van der Waals surface area contributed by atoms with E-state index in [1.807, 2.05) is 12.1 Å². The average Bonchev–Trinajstić information content (AvgIpc) is 2.62. The largest absolute Gasteiger partial charge is 0.280 e. The molecule has 2 aromatic rings. The van der Waals surface area contributed by atoms with Crippen molar-refractivity contribution in [3.05, 3.63) is 54.1 Å². The predicted octanol–water partition coefficient (Wildman–Crippen LogP) is 3.64. The highest BCUT2D eigenvalue weighted by Gasteiger charge is 2.22. The second-order valence-electron chi connectivity index (χ2n) is 6.44. The molecule has 6 nitrogen and oxygen atoms in total. The lowest BCUT2D eigenvalue weighted by molar-refractivity contribution is 0.445. The van der Waals surface area contributed by atoms with Gasteiger partial charge < -0.3 is 0 Å². The van der Waals surface area contributed by atoms with Crippen LogP contribution >= 0.6 is 0 Å². The average molecular weight is 411 g/mol. The third kappa shape index (κ3) is 4.88. The maximum absolute atomic E-state index is 12.6. The molecule has 0 aromatic heterocycles. The number of nitrogens with zero attached hydrogens (tertiary/aromatic N) is 1. The number of hydrogen-bond donors (Lipinski definition) is 1. The highest BCUT2D eigenvalue weighted by Crippen LogP contribution is 2.22. The minimum absolute atomic E-state index is 0.00827. The molecule has 0 radical (unpaired) electrons. The van der Waals surface area contributed by atoms with E-state index in [-0.39, 0.29) is 9.79 Å². The van der Waals surface area contributed by atoms with Gasteiger partial charge in [0.15, 0.2) is 0 Å². The standard InChI is InChI=1S/C19H26N2O4S2/c1-5-21(6-2)27(24,25)19-13-11-18(12-14-19)26(22,23)20-17-9-7-16(8-10-17)15(3)4/h7-15,20H,5-6H2,1-4H3. The lowest BCUT2D eigenvalue weighted by Crippen LogP contribution is -2.30. The second kappa shape index (κ2) is 8.41. The Morgan fingerprint density at radius 3 is 1.74 bits per heavy atom. The van der Waals surface area contributed by atoms with Gasteiger partial charge in [0.05, 0.1) is 9.79 Å². The van der Waals surface area contributed by atoms with E-state index >= 15 is 0 Å².